The van der Waals surface area contributed by atoms with Crippen LogP contribution < -0.4 is 11.1 Å². The lowest BCUT2D eigenvalue weighted by molar-refractivity contribution is -0.121. The average Bonchev–Trinajstić information content (AvgIpc) is 2.00. The Morgan fingerprint density at radius 3 is 2.67 bits per heavy atom. The summed E-state index contributed by atoms with van der Waals surface area (Å²) in [6.45, 7) is 8.03. The predicted molar refractivity (Wildman–Crippen MR) is 50.6 cm³/mol. The SMILES string of the molecule is C=CCNC(=O)CC(N)C(C)C. The maximum absolute atomic E-state index is 11.1. The third-order valence-corrected chi connectivity index (χ3v) is 1.72. The summed E-state index contributed by atoms with van der Waals surface area (Å²) in [5.74, 6) is 0.343. The number of carbonyl (C=O) groups excluding carboxylic acids is 1. The van der Waals surface area contributed by atoms with Gasteiger partial charge in [-0.2, -0.15) is 0 Å². The molecular weight excluding hydrogens is 152 g/mol. The van der Waals surface area contributed by atoms with E-state index in [4.69, 9.17) is 5.73 Å². The summed E-state index contributed by atoms with van der Waals surface area (Å²) < 4.78 is 0. The first-order valence-corrected chi connectivity index (χ1v) is 4.21. The van der Waals surface area contributed by atoms with Gasteiger partial charge in [-0.15, -0.1) is 6.58 Å². The quantitative estimate of drug-likeness (QED) is 0.596. The van der Waals surface area contributed by atoms with Crippen LogP contribution >= 0.6 is 0 Å². The average molecular weight is 170 g/mol. The topological polar surface area (TPSA) is 55.1 Å². The van der Waals surface area contributed by atoms with Gasteiger partial charge in [0.15, 0.2) is 0 Å². The Kier molecular flexibility index (Phi) is 5.37. The minimum atomic E-state index is -0.0465. The van der Waals surface area contributed by atoms with E-state index in [9.17, 15) is 4.79 Å². The number of nitrogens with one attached hydrogen (secondary N) is 1. The number of rotatable bonds is 5. The van der Waals surface area contributed by atoms with E-state index in [1.165, 1.54) is 0 Å². The number of carbonyl (C=O) groups is 1. The van der Waals surface area contributed by atoms with Gasteiger partial charge in [-0.3, -0.25) is 4.79 Å². The Balaban J connectivity index is 3.61. The second-order valence-corrected chi connectivity index (χ2v) is 3.20. The van der Waals surface area contributed by atoms with Crippen LogP contribution in [0.2, 0.25) is 0 Å². The van der Waals surface area contributed by atoms with Crippen molar-refractivity contribution in [1.82, 2.24) is 5.32 Å². The molecule has 0 saturated heterocycles. The highest BCUT2D eigenvalue weighted by molar-refractivity contribution is 5.76. The van der Waals surface area contributed by atoms with Crippen LogP contribution in [0.1, 0.15) is 20.3 Å². The van der Waals surface area contributed by atoms with Gasteiger partial charge in [0.1, 0.15) is 0 Å². The molecule has 0 aromatic heterocycles. The maximum atomic E-state index is 11.1. The van der Waals surface area contributed by atoms with E-state index >= 15 is 0 Å². The van der Waals surface area contributed by atoms with Crippen molar-refractivity contribution in [2.75, 3.05) is 6.54 Å². The highest BCUT2D eigenvalue weighted by atomic mass is 16.1. The molecule has 3 heteroatoms. The lowest BCUT2D eigenvalue weighted by Gasteiger charge is -2.14. The molecule has 3 nitrogen and oxygen atoms in total. The van der Waals surface area contributed by atoms with Gasteiger partial charge in [0.05, 0.1) is 0 Å². The zero-order valence-corrected chi connectivity index (χ0v) is 7.84. The lowest BCUT2D eigenvalue weighted by Crippen LogP contribution is -2.34. The second-order valence-electron chi connectivity index (χ2n) is 3.20. The molecule has 0 aliphatic carbocycles. The summed E-state index contributed by atoms with van der Waals surface area (Å²) >= 11 is 0. The monoisotopic (exact) mass is 170 g/mol. The molecule has 0 saturated carbocycles. The van der Waals surface area contributed by atoms with E-state index in [0.29, 0.717) is 18.9 Å². The minimum absolute atomic E-state index is 0.00361. The fourth-order valence-electron chi connectivity index (χ4n) is 0.708. The molecule has 0 aliphatic rings. The third-order valence-electron chi connectivity index (χ3n) is 1.72. The first-order valence-electron chi connectivity index (χ1n) is 4.21. The van der Waals surface area contributed by atoms with E-state index in [-0.39, 0.29) is 11.9 Å². The van der Waals surface area contributed by atoms with Crippen LogP contribution in [-0.2, 0) is 4.79 Å². The predicted octanol–water partition coefficient (Wildman–Crippen LogP) is 0.662. The smallest absolute Gasteiger partial charge is 0.221 e. The molecule has 0 radical (unpaired) electrons. The molecule has 0 heterocycles. The second kappa shape index (κ2) is 5.77. The van der Waals surface area contributed by atoms with Crippen LogP contribution in [-0.4, -0.2) is 18.5 Å². The number of nitrogens with two attached hydrogens (primary N) is 1. The molecule has 70 valence electrons. The first kappa shape index (κ1) is 11.2. The van der Waals surface area contributed by atoms with Crippen molar-refractivity contribution in [2.24, 2.45) is 11.7 Å². The first-order chi connectivity index (χ1) is 5.57. The number of hydrogen-bond acceptors (Lipinski definition) is 2. The standard InChI is InChI=1S/C9H18N2O/c1-4-5-11-9(12)6-8(10)7(2)3/h4,7-8H,1,5-6,10H2,2-3H3,(H,11,12). The summed E-state index contributed by atoms with van der Waals surface area (Å²) in [6.07, 6.45) is 2.05. The summed E-state index contributed by atoms with van der Waals surface area (Å²) in [6, 6.07) is -0.0465. The zero-order valence-electron chi connectivity index (χ0n) is 7.84. The van der Waals surface area contributed by atoms with Gasteiger partial charge in [0, 0.05) is 19.0 Å². The fourth-order valence-corrected chi connectivity index (χ4v) is 0.708. The summed E-state index contributed by atoms with van der Waals surface area (Å²) in [5.41, 5.74) is 5.70. The number of amides is 1. The van der Waals surface area contributed by atoms with Gasteiger partial charge >= 0.3 is 0 Å². The Labute approximate surface area is 74.0 Å². The van der Waals surface area contributed by atoms with Crippen molar-refractivity contribution in [2.45, 2.75) is 26.3 Å². The van der Waals surface area contributed by atoms with Crippen molar-refractivity contribution in [3.8, 4) is 0 Å². The van der Waals surface area contributed by atoms with Gasteiger partial charge in [0.2, 0.25) is 5.91 Å². The van der Waals surface area contributed by atoms with Crippen LogP contribution in [0.15, 0.2) is 12.7 Å². The van der Waals surface area contributed by atoms with Crippen molar-refractivity contribution in [1.29, 1.82) is 0 Å². The van der Waals surface area contributed by atoms with E-state index < -0.39 is 0 Å². The molecule has 0 aromatic rings. The van der Waals surface area contributed by atoms with Crippen molar-refractivity contribution >= 4 is 5.91 Å². The molecule has 12 heavy (non-hydrogen) atoms. The zero-order chi connectivity index (χ0) is 9.56. The maximum Gasteiger partial charge on any atom is 0.221 e. The Bertz CT molecular complexity index is 155. The van der Waals surface area contributed by atoms with Gasteiger partial charge in [-0.25, -0.2) is 0 Å². The molecule has 0 spiro atoms. The molecular formula is C9H18N2O. The third kappa shape index (κ3) is 4.91. The normalized spacial score (nSPS) is 12.7. The molecule has 0 bridgehead atoms. The van der Waals surface area contributed by atoms with Gasteiger partial charge < -0.3 is 11.1 Å². The van der Waals surface area contributed by atoms with Crippen molar-refractivity contribution in [3.05, 3.63) is 12.7 Å². The minimum Gasteiger partial charge on any atom is -0.353 e. The van der Waals surface area contributed by atoms with E-state index in [1.807, 2.05) is 13.8 Å². The number of hydrogen-bond donors (Lipinski definition) is 2. The summed E-state index contributed by atoms with van der Waals surface area (Å²) in [7, 11) is 0. The van der Waals surface area contributed by atoms with Crippen LogP contribution in [0.4, 0.5) is 0 Å². The van der Waals surface area contributed by atoms with Crippen LogP contribution in [0, 0.1) is 5.92 Å². The lowest BCUT2D eigenvalue weighted by atomic mass is 10.0. The van der Waals surface area contributed by atoms with E-state index in [2.05, 4.69) is 11.9 Å². The highest BCUT2D eigenvalue weighted by Crippen LogP contribution is 2.01. The van der Waals surface area contributed by atoms with E-state index in [1.54, 1.807) is 6.08 Å². The van der Waals surface area contributed by atoms with Crippen LogP contribution in [0.5, 0.6) is 0 Å². The molecule has 0 fully saturated rings. The van der Waals surface area contributed by atoms with Crippen molar-refractivity contribution < 1.29 is 4.79 Å². The Morgan fingerprint density at radius 1 is 1.67 bits per heavy atom. The molecule has 0 aromatic carbocycles. The highest BCUT2D eigenvalue weighted by Gasteiger charge is 2.11. The Hall–Kier alpha value is -0.830. The summed E-state index contributed by atoms with van der Waals surface area (Å²) in [4.78, 5) is 11.1. The van der Waals surface area contributed by atoms with Gasteiger partial charge in [-0.05, 0) is 5.92 Å². The van der Waals surface area contributed by atoms with Crippen molar-refractivity contribution in [3.63, 3.8) is 0 Å². The molecule has 1 unspecified atom stereocenters. The fraction of sp³-hybridized carbons (Fsp3) is 0.667. The molecule has 0 aliphatic heterocycles. The molecule has 1 amide bonds. The summed E-state index contributed by atoms with van der Waals surface area (Å²) in [5, 5.41) is 2.68. The molecule has 3 N–H and O–H groups in total. The van der Waals surface area contributed by atoms with Gasteiger partial charge in [0.25, 0.3) is 0 Å². The van der Waals surface area contributed by atoms with Gasteiger partial charge in [-0.1, -0.05) is 19.9 Å². The molecule has 1 atom stereocenters. The Morgan fingerprint density at radius 2 is 2.25 bits per heavy atom. The molecule has 0 rings (SSSR count). The van der Waals surface area contributed by atoms with E-state index in [0.717, 1.165) is 0 Å². The largest absolute Gasteiger partial charge is 0.353 e. The van der Waals surface area contributed by atoms with Crippen LogP contribution in [0.25, 0.3) is 0 Å². The van der Waals surface area contributed by atoms with Crippen LogP contribution in [0.3, 0.4) is 0 Å².